The Labute approximate surface area is 127 Å². The molecule has 1 atom stereocenters. The van der Waals surface area contributed by atoms with Gasteiger partial charge in [0.25, 0.3) is 0 Å². The van der Waals surface area contributed by atoms with Gasteiger partial charge in [0.15, 0.2) is 0 Å². The van der Waals surface area contributed by atoms with Crippen LogP contribution in [-0.2, 0) is 6.42 Å². The molecule has 1 unspecified atom stereocenters. The van der Waals surface area contributed by atoms with Gasteiger partial charge in [0, 0.05) is 15.8 Å². The summed E-state index contributed by atoms with van der Waals surface area (Å²) in [6.45, 7) is 2.09. The van der Waals surface area contributed by atoms with E-state index in [4.69, 9.17) is 10.5 Å². The molecule has 1 aromatic carbocycles. The zero-order valence-electron chi connectivity index (χ0n) is 10.8. The summed E-state index contributed by atoms with van der Waals surface area (Å²) in [4.78, 5) is 4.20. The van der Waals surface area contributed by atoms with E-state index in [1.807, 2.05) is 36.5 Å². The van der Waals surface area contributed by atoms with E-state index in [0.29, 0.717) is 0 Å². The predicted octanol–water partition coefficient (Wildman–Crippen LogP) is 3.76. The minimum Gasteiger partial charge on any atom is -0.456 e. The number of ether oxygens (including phenoxy) is 1. The summed E-state index contributed by atoms with van der Waals surface area (Å²) in [6, 6.07) is 10.1. The number of hydrogen-bond donors (Lipinski definition) is 1. The fourth-order valence-corrected chi connectivity index (χ4v) is 2.08. The van der Waals surface area contributed by atoms with Gasteiger partial charge in [-0.3, -0.25) is 4.98 Å². The Morgan fingerprint density at radius 3 is 2.63 bits per heavy atom. The monoisotopic (exact) mass is 368 g/mol. The van der Waals surface area contributed by atoms with Gasteiger partial charge in [-0.05, 0) is 71.3 Å². The highest BCUT2D eigenvalue weighted by molar-refractivity contribution is 14.1. The van der Waals surface area contributed by atoms with Crippen LogP contribution in [0.5, 0.6) is 11.5 Å². The molecule has 4 heteroatoms. The van der Waals surface area contributed by atoms with E-state index in [-0.39, 0.29) is 6.04 Å². The third-order valence-electron chi connectivity index (χ3n) is 2.84. The van der Waals surface area contributed by atoms with Crippen molar-refractivity contribution in [3.63, 3.8) is 0 Å². The quantitative estimate of drug-likeness (QED) is 0.818. The van der Waals surface area contributed by atoms with Gasteiger partial charge in [0.2, 0.25) is 0 Å². The SMILES string of the molecule is CCC(N)Cc1cncc(Oc2ccc(I)cc2)c1. The zero-order chi connectivity index (χ0) is 13.7. The van der Waals surface area contributed by atoms with Gasteiger partial charge in [-0.25, -0.2) is 0 Å². The van der Waals surface area contributed by atoms with Gasteiger partial charge in [-0.2, -0.15) is 0 Å². The second kappa shape index (κ2) is 6.86. The number of benzene rings is 1. The highest BCUT2D eigenvalue weighted by Crippen LogP contribution is 2.22. The van der Waals surface area contributed by atoms with Crippen LogP contribution in [0.1, 0.15) is 18.9 Å². The average Bonchev–Trinajstić information content (AvgIpc) is 2.42. The molecule has 0 amide bonds. The molecule has 1 heterocycles. The molecule has 2 N–H and O–H groups in total. The minimum absolute atomic E-state index is 0.176. The van der Waals surface area contributed by atoms with E-state index in [2.05, 4.69) is 34.5 Å². The van der Waals surface area contributed by atoms with Crippen LogP contribution >= 0.6 is 22.6 Å². The molecule has 0 aliphatic rings. The average molecular weight is 368 g/mol. The van der Waals surface area contributed by atoms with Crippen LogP contribution in [0.15, 0.2) is 42.7 Å². The van der Waals surface area contributed by atoms with Gasteiger partial charge >= 0.3 is 0 Å². The largest absolute Gasteiger partial charge is 0.456 e. The number of pyridine rings is 1. The number of nitrogens with two attached hydrogens (primary N) is 1. The summed E-state index contributed by atoms with van der Waals surface area (Å²) in [6.07, 6.45) is 5.35. The van der Waals surface area contributed by atoms with Crippen molar-refractivity contribution in [2.45, 2.75) is 25.8 Å². The third-order valence-corrected chi connectivity index (χ3v) is 3.56. The molecule has 0 radical (unpaired) electrons. The Morgan fingerprint density at radius 2 is 1.95 bits per heavy atom. The standard InChI is InChI=1S/C15H17IN2O/c1-2-13(17)7-11-8-15(10-18-9-11)19-14-5-3-12(16)4-6-14/h3-6,8-10,13H,2,7,17H2,1H3. The van der Waals surface area contributed by atoms with Crippen molar-refractivity contribution in [2.24, 2.45) is 5.73 Å². The van der Waals surface area contributed by atoms with E-state index in [0.717, 1.165) is 29.9 Å². The zero-order valence-corrected chi connectivity index (χ0v) is 13.0. The van der Waals surface area contributed by atoms with Gasteiger partial charge < -0.3 is 10.5 Å². The molecule has 0 bridgehead atoms. The van der Waals surface area contributed by atoms with Crippen LogP contribution in [0.3, 0.4) is 0 Å². The first-order valence-corrected chi connectivity index (χ1v) is 7.38. The van der Waals surface area contributed by atoms with Gasteiger partial charge in [0.05, 0.1) is 6.20 Å². The maximum Gasteiger partial charge on any atom is 0.145 e. The first-order valence-electron chi connectivity index (χ1n) is 6.30. The first-order chi connectivity index (χ1) is 9.17. The topological polar surface area (TPSA) is 48.1 Å². The number of aromatic nitrogens is 1. The summed E-state index contributed by atoms with van der Waals surface area (Å²) < 4.78 is 6.97. The van der Waals surface area contributed by atoms with Crippen molar-refractivity contribution in [2.75, 3.05) is 0 Å². The Balaban J connectivity index is 2.08. The summed E-state index contributed by atoms with van der Waals surface area (Å²) in [5.74, 6) is 1.57. The molecule has 100 valence electrons. The van der Waals surface area contributed by atoms with Gasteiger partial charge in [-0.15, -0.1) is 0 Å². The molecule has 3 nitrogen and oxygen atoms in total. The van der Waals surface area contributed by atoms with Crippen LogP contribution in [0.25, 0.3) is 0 Å². The lowest BCUT2D eigenvalue weighted by Crippen LogP contribution is -2.21. The molecule has 0 aliphatic heterocycles. The summed E-state index contributed by atoms with van der Waals surface area (Å²) in [5, 5.41) is 0. The minimum atomic E-state index is 0.176. The van der Waals surface area contributed by atoms with Crippen molar-refractivity contribution in [1.29, 1.82) is 0 Å². The Hall–Kier alpha value is -1.14. The molecular weight excluding hydrogens is 351 g/mol. The number of nitrogens with zero attached hydrogens (tertiary/aromatic N) is 1. The fourth-order valence-electron chi connectivity index (χ4n) is 1.72. The molecular formula is C15H17IN2O. The maximum atomic E-state index is 5.95. The van der Waals surface area contributed by atoms with E-state index in [1.165, 1.54) is 3.57 Å². The second-order valence-corrected chi connectivity index (χ2v) is 5.70. The van der Waals surface area contributed by atoms with Gasteiger partial charge in [-0.1, -0.05) is 6.92 Å². The maximum absolute atomic E-state index is 5.95. The van der Waals surface area contributed by atoms with E-state index >= 15 is 0 Å². The van der Waals surface area contributed by atoms with Gasteiger partial charge in [0.1, 0.15) is 11.5 Å². The van der Waals surface area contributed by atoms with E-state index < -0.39 is 0 Å². The second-order valence-electron chi connectivity index (χ2n) is 4.46. The van der Waals surface area contributed by atoms with Crippen molar-refractivity contribution in [3.8, 4) is 11.5 Å². The molecule has 0 fully saturated rings. The first kappa shape index (κ1) is 14.3. The fraction of sp³-hybridized carbons (Fsp3) is 0.267. The van der Waals surface area contributed by atoms with Crippen LogP contribution in [0, 0.1) is 3.57 Å². The lowest BCUT2D eigenvalue weighted by molar-refractivity contribution is 0.478. The number of halogens is 1. The summed E-state index contributed by atoms with van der Waals surface area (Å²) >= 11 is 2.27. The summed E-state index contributed by atoms with van der Waals surface area (Å²) in [5.41, 5.74) is 7.06. The van der Waals surface area contributed by atoms with Crippen LogP contribution in [-0.4, -0.2) is 11.0 Å². The van der Waals surface area contributed by atoms with Crippen molar-refractivity contribution in [3.05, 3.63) is 51.9 Å². The molecule has 0 aliphatic carbocycles. The Morgan fingerprint density at radius 1 is 1.21 bits per heavy atom. The lowest BCUT2D eigenvalue weighted by atomic mass is 10.1. The smallest absolute Gasteiger partial charge is 0.145 e. The Bertz CT molecular complexity index is 528. The molecule has 0 spiro atoms. The van der Waals surface area contributed by atoms with Crippen LogP contribution in [0.2, 0.25) is 0 Å². The van der Waals surface area contributed by atoms with Crippen molar-refractivity contribution >= 4 is 22.6 Å². The lowest BCUT2D eigenvalue weighted by Gasteiger charge is -2.10. The van der Waals surface area contributed by atoms with Crippen LogP contribution < -0.4 is 10.5 Å². The summed E-state index contributed by atoms with van der Waals surface area (Å²) in [7, 11) is 0. The number of hydrogen-bond acceptors (Lipinski definition) is 3. The molecule has 2 aromatic rings. The third kappa shape index (κ3) is 4.47. The highest BCUT2D eigenvalue weighted by atomic mass is 127. The highest BCUT2D eigenvalue weighted by Gasteiger charge is 2.04. The van der Waals surface area contributed by atoms with Crippen LogP contribution in [0.4, 0.5) is 0 Å². The number of rotatable bonds is 5. The molecule has 19 heavy (non-hydrogen) atoms. The van der Waals surface area contributed by atoms with Crippen molar-refractivity contribution in [1.82, 2.24) is 4.98 Å². The van der Waals surface area contributed by atoms with E-state index in [1.54, 1.807) is 6.20 Å². The molecule has 0 saturated carbocycles. The normalized spacial score (nSPS) is 12.2. The Kier molecular flexibility index (Phi) is 5.15. The predicted molar refractivity (Wildman–Crippen MR) is 85.4 cm³/mol. The molecule has 0 saturated heterocycles. The van der Waals surface area contributed by atoms with E-state index in [9.17, 15) is 0 Å². The molecule has 1 aromatic heterocycles. The van der Waals surface area contributed by atoms with Crippen molar-refractivity contribution < 1.29 is 4.74 Å². The molecule has 2 rings (SSSR count).